The van der Waals surface area contributed by atoms with E-state index in [-0.39, 0.29) is 6.61 Å². The van der Waals surface area contributed by atoms with Crippen LogP contribution in [-0.2, 0) is 4.74 Å². The molecule has 0 aliphatic carbocycles. The molecule has 0 atom stereocenters. The molecule has 5 nitrogen and oxygen atoms in total. The Morgan fingerprint density at radius 2 is 2.00 bits per heavy atom. The molecule has 0 bridgehead atoms. The van der Waals surface area contributed by atoms with E-state index >= 15 is 0 Å². The summed E-state index contributed by atoms with van der Waals surface area (Å²) in [5.74, 6) is 0.801. The quantitative estimate of drug-likeness (QED) is 0.733. The number of methoxy groups -OCH3 is 1. The lowest BCUT2D eigenvalue weighted by molar-refractivity contribution is 0.0603. The molecule has 118 valence electrons. The first-order valence-corrected chi connectivity index (χ1v) is 7.09. The maximum Gasteiger partial charge on any atom is 0.340 e. The minimum absolute atomic E-state index is 0.0342. The number of H-pyrrole nitrogens is 1. The number of alkyl halides is 1. The zero-order valence-electron chi connectivity index (χ0n) is 12.5. The minimum Gasteiger partial charge on any atom is -0.491 e. The number of halogens is 1. The van der Waals surface area contributed by atoms with Crippen molar-refractivity contribution in [2.24, 2.45) is 0 Å². The molecular formula is C17H15FN2O3. The molecular weight excluding hydrogens is 299 g/mol. The minimum atomic E-state index is -0.526. The number of para-hydroxylation sites is 1. The summed E-state index contributed by atoms with van der Waals surface area (Å²) in [4.78, 5) is 19.5. The van der Waals surface area contributed by atoms with Gasteiger partial charge in [-0.05, 0) is 36.4 Å². The lowest BCUT2D eigenvalue weighted by atomic mass is 10.2. The van der Waals surface area contributed by atoms with Crippen LogP contribution in [0.1, 0.15) is 10.4 Å². The van der Waals surface area contributed by atoms with Crippen molar-refractivity contribution in [1.29, 1.82) is 0 Å². The predicted molar refractivity (Wildman–Crippen MR) is 84.3 cm³/mol. The molecule has 0 saturated heterocycles. The summed E-state index contributed by atoms with van der Waals surface area (Å²) in [5, 5.41) is 0. The van der Waals surface area contributed by atoms with Crippen LogP contribution in [0, 0.1) is 0 Å². The fourth-order valence-corrected chi connectivity index (χ4v) is 2.31. The zero-order chi connectivity index (χ0) is 16.2. The van der Waals surface area contributed by atoms with Crippen LogP contribution in [0.4, 0.5) is 4.39 Å². The van der Waals surface area contributed by atoms with E-state index in [9.17, 15) is 9.18 Å². The fraction of sp³-hybridized carbons (Fsp3) is 0.176. The van der Waals surface area contributed by atoms with Crippen molar-refractivity contribution in [3.05, 3.63) is 48.0 Å². The van der Waals surface area contributed by atoms with Gasteiger partial charge in [-0.3, -0.25) is 0 Å². The molecule has 0 unspecified atom stereocenters. The Morgan fingerprint density at radius 1 is 1.22 bits per heavy atom. The zero-order valence-corrected chi connectivity index (χ0v) is 12.5. The Hall–Kier alpha value is -2.89. The van der Waals surface area contributed by atoms with E-state index in [1.165, 1.54) is 7.11 Å². The maximum absolute atomic E-state index is 12.1. The number of aromatic nitrogens is 2. The van der Waals surface area contributed by atoms with Crippen molar-refractivity contribution in [2.75, 3.05) is 20.4 Å². The maximum atomic E-state index is 12.1. The average Bonchev–Trinajstić information content (AvgIpc) is 3.03. The van der Waals surface area contributed by atoms with Gasteiger partial charge < -0.3 is 14.5 Å². The van der Waals surface area contributed by atoms with Crippen molar-refractivity contribution < 1.29 is 18.7 Å². The summed E-state index contributed by atoms with van der Waals surface area (Å²) >= 11 is 0. The number of aromatic amines is 1. The van der Waals surface area contributed by atoms with Gasteiger partial charge in [-0.15, -0.1) is 0 Å². The molecule has 0 amide bonds. The number of rotatable bonds is 5. The van der Waals surface area contributed by atoms with Gasteiger partial charge in [0.25, 0.3) is 0 Å². The molecule has 0 aliphatic rings. The molecule has 3 aromatic rings. The van der Waals surface area contributed by atoms with Gasteiger partial charge in [0.2, 0.25) is 0 Å². The molecule has 23 heavy (non-hydrogen) atoms. The Labute approximate surface area is 132 Å². The van der Waals surface area contributed by atoms with Gasteiger partial charge in [0.15, 0.2) is 0 Å². The number of imidazole rings is 1. The molecule has 3 rings (SSSR count). The van der Waals surface area contributed by atoms with Gasteiger partial charge in [0, 0.05) is 5.56 Å². The Kier molecular flexibility index (Phi) is 4.23. The van der Waals surface area contributed by atoms with Crippen LogP contribution in [0.15, 0.2) is 42.5 Å². The van der Waals surface area contributed by atoms with Crippen LogP contribution in [0.25, 0.3) is 22.4 Å². The first kappa shape index (κ1) is 15.0. The number of hydrogen-bond donors (Lipinski definition) is 1. The van der Waals surface area contributed by atoms with Crippen molar-refractivity contribution >= 4 is 17.0 Å². The third kappa shape index (κ3) is 3.01. The summed E-state index contributed by atoms with van der Waals surface area (Å²) in [6.07, 6.45) is 0. The Morgan fingerprint density at radius 3 is 2.70 bits per heavy atom. The number of esters is 1. The van der Waals surface area contributed by atoms with E-state index in [1.54, 1.807) is 24.3 Å². The molecule has 0 aliphatic heterocycles. The van der Waals surface area contributed by atoms with Crippen LogP contribution < -0.4 is 4.74 Å². The second kappa shape index (κ2) is 6.48. The first-order chi connectivity index (χ1) is 11.2. The molecule has 0 spiro atoms. The molecule has 1 aromatic heterocycles. The SMILES string of the molecule is COC(=O)c1cccc2[nH]c(-c3ccc(OCCF)cc3)nc12. The average molecular weight is 314 g/mol. The number of carbonyl (C=O) groups is 1. The molecule has 0 saturated carbocycles. The molecule has 6 heteroatoms. The highest BCUT2D eigenvalue weighted by atomic mass is 19.1. The van der Waals surface area contributed by atoms with Crippen molar-refractivity contribution in [2.45, 2.75) is 0 Å². The van der Waals surface area contributed by atoms with E-state index in [1.807, 2.05) is 18.2 Å². The normalized spacial score (nSPS) is 10.7. The highest BCUT2D eigenvalue weighted by Crippen LogP contribution is 2.25. The summed E-state index contributed by atoms with van der Waals surface area (Å²) in [6.45, 7) is -0.492. The second-order valence-corrected chi connectivity index (χ2v) is 4.84. The number of nitrogens with one attached hydrogen (secondary N) is 1. The number of fused-ring (bicyclic) bond motifs is 1. The smallest absolute Gasteiger partial charge is 0.340 e. The van der Waals surface area contributed by atoms with Crippen LogP contribution in [0.2, 0.25) is 0 Å². The van der Waals surface area contributed by atoms with Gasteiger partial charge in [-0.1, -0.05) is 6.07 Å². The van der Waals surface area contributed by atoms with Gasteiger partial charge in [0.1, 0.15) is 30.4 Å². The standard InChI is InChI=1S/C17H15FN2O3/c1-22-17(21)13-3-2-4-14-15(13)20-16(19-14)11-5-7-12(8-6-11)23-10-9-18/h2-8H,9-10H2,1H3,(H,19,20). The largest absolute Gasteiger partial charge is 0.491 e. The van der Waals surface area contributed by atoms with E-state index < -0.39 is 12.6 Å². The van der Waals surface area contributed by atoms with Crippen molar-refractivity contribution in [3.63, 3.8) is 0 Å². The number of hydrogen-bond acceptors (Lipinski definition) is 4. The topological polar surface area (TPSA) is 64.2 Å². The molecule has 2 aromatic carbocycles. The van der Waals surface area contributed by atoms with Crippen LogP contribution in [0.3, 0.4) is 0 Å². The predicted octanol–water partition coefficient (Wildman–Crippen LogP) is 3.36. The summed E-state index contributed by atoms with van der Waals surface area (Å²) in [5.41, 5.74) is 2.56. The molecule has 1 N–H and O–H groups in total. The fourth-order valence-electron chi connectivity index (χ4n) is 2.31. The number of nitrogens with zero attached hydrogens (tertiary/aromatic N) is 1. The van der Waals surface area contributed by atoms with E-state index in [4.69, 9.17) is 9.47 Å². The number of benzene rings is 2. The van der Waals surface area contributed by atoms with E-state index in [0.29, 0.717) is 22.7 Å². The summed E-state index contributed by atoms with van der Waals surface area (Å²) < 4.78 is 22.1. The van der Waals surface area contributed by atoms with Crippen LogP contribution in [-0.4, -0.2) is 36.3 Å². The number of carbonyl (C=O) groups excluding carboxylic acids is 1. The monoisotopic (exact) mass is 314 g/mol. The van der Waals surface area contributed by atoms with Gasteiger partial charge in [0.05, 0.1) is 18.2 Å². The third-order valence-corrected chi connectivity index (χ3v) is 3.39. The Bertz CT molecular complexity index is 827. The summed E-state index contributed by atoms with van der Waals surface area (Å²) in [6, 6.07) is 12.4. The summed E-state index contributed by atoms with van der Waals surface area (Å²) in [7, 11) is 1.34. The van der Waals surface area contributed by atoms with Crippen LogP contribution in [0.5, 0.6) is 5.75 Å². The van der Waals surface area contributed by atoms with E-state index in [0.717, 1.165) is 11.1 Å². The second-order valence-electron chi connectivity index (χ2n) is 4.84. The third-order valence-electron chi connectivity index (χ3n) is 3.39. The highest BCUT2D eigenvalue weighted by molar-refractivity contribution is 6.02. The molecule has 0 radical (unpaired) electrons. The number of ether oxygens (including phenoxy) is 2. The van der Waals surface area contributed by atoms with Crippen molar-refractivity contribution in [3.8, 4) is 17.1 Å². The highest BCUT2D eigenvalue weighted by Gasteiger charge is 2.14. The van der Waals surface area contributed by atoms with Gasteiger partial charge in [-0.2, -0.15) is 0 Å². The van der Waals surface area contributed by atoms with Crippen LogP contribution >= 0.6 is 0 Å². The molecule has 0 fully saturated rings. The lowest BCUT2D eigenvalue weighted by Gasteiger charge is -2.03. The van der Waals surface area contributed by atoms with Gasteiger partial charge >= 0.3 is 5.97 Å². The van der Waals surface area contributed by atoms with Gasteiger partial charge in [-0.25, -0.2) is 14.2 Å². The van der Waals surface area contributed by atoms with Crippen molar-refractivity contribution in [1.82, 2.24) is 9.97 Å². The van der Waals surface area contributed by atoms with E-state index in [2.05, 4.69) is 9.97 Å². The molecule has 1 heterocycles. The Balaban J connectivity index is 1.95. The first-order valence-electron chi connectivity index (χ1n) is 7.09. The lowest BCUT2D eigenvalue weighted by Crippen LogP contribution is -2.01.